The summed E-state index contributed by atoms with van der Waals surface area (Å²) in [6.07, 6.45) is 70.7. The molecule has 0 aliphatic rings. The van der Waals surface area contributed by atoms with Crippen LogP contribution in [0.3, 0.4) is 0 Å². The summed E-state index contributed by atoms with van der Waals surface area (Å²) in [6, 6.07) is -0.704. The van der Waals surface area contributed by atoms with Crippen LogP contribution in [0.25, 0.3) is 0 Å². The minimum Gasteiger partial charge on any atom is -0.462 e. The number of carbonyl (C=O) groups is 2. The second-order valence-corrected chi connectivity index (χ2v) is 21.5. The summed E-state index contributed by atoms with van der Waals surface area (Å²) in [5.41, 5.74) is 0. The molecule has 3 N–H and O–H groups in total. The molecule has 0 aromatic carbocycles. The molecule has 0 fully saturated rings. The number of hydrogen-bond acceptors (Lipinski definition) is 5. The molecule has 0 aromatic rings. The number of esters is 1. The summed E-state index contributed by atoms with van der Waals surface area (Å²) in [5.74, 6) is -0.476. The summed E-state index contributed by atoms with van der Waals surface area (Å²) in [7, 11) is 0. The van der Waals surface area contributed by atoms with Gasteiger partial charge in [-0.2, -0.15) is 0 Å². The van der Waals surface area contributed by atoms with Gasteiger partial charge in [0, 0.05) is 6.42 Å². The largest absolute Gasteiger partial charge is 0.462 e. The van der Waals surface area contributed by atoms with Gasteiger partial charge < -0.3 is 20.3 Å². The van der Waals surface area contributed by atoms with Crippen molar-refractivity contribution in [3.05, 3.63) is 36.5 Å². The zero-order valence-corrected chi connectivity index (χ0v) is 47.2. The third kappa shape index (κ3) is 52.4. The summed E-state index contributed by atoms with van der Waals surface area (Å²) in [6.45, 7) is 6.52. The Labute approximate surface area is 436 Å². The molecule has 0 rings (SSSR count). The highest BCUT2D eigenvalue weighted by atomic mass is 16.5. The highest BCUT2D eigenvalue weighted by molar-refractivity contribution is 5.77. The van der Waals surface area contributed by atoms with Crippen LogP contribution in [-0.2, 0) is 14.3 Å². The topological polar surface area (TPSA) is 95.9 Å². The maximum atomic E-state index is 13.3. The van der Waals surface area contributed by atoms with Gasteiger partial charge in [0.25, 0.3) is 0 Å². The van der Waals surface area contributed by atoms with Crippen molar-refractivity contribution in [3.8, 4) is 0 Å². The zero-order valence-electron chi connectivity index (χ0n) is 47.2. The first kappa shape index (κ1) is 68.1. The molecule has 0 radical (unpaired) electrons. The number of ether oxygens (including phenoxy) is 1. The number of hydrogen-bond donors (Lipinski definition) is 3. The highest BCUT2D eigenvalue weighted by Crippen LogP contribution is 2.19. The van der Waals surface area contributed by atoms with E-state index in [2.05, 4.69) is 62.5 Å². The standard InChI is InChI=1S/C64H121NO5/c1-4-7-10-13-16-19-22-25-28-31-33-36-39-42-45-48-51-54-57-64(69)70-60(55-52-49-46-43-40-37-34-30-27-24-21-18-15-12-9-6-3)58-63(68)65-61(59-66)62(67)56-53-50-47-44-41-38-35-32-29-26-23-20-17-14-11-8-5-2/h22,25,28,31,33,36,60-62,66-67H,4-21,23-24,26-27,29-30,32,34-35,37-59H2,1-3H3,(H,65,68)/b25-22+,31-28+,36-33+. The maximum Gasteiger partial charge on any atom is 0.306 e. The van der Waals surface area contributed by atoms with Crippen molar-refractivity contribution >= 4 is 11.9 Å². The van der Waals surface area contributed by atoms with Crippen LogP contribution < -0.4 is 5.32 Å². The number of amides is 1. The Morgan fingerprint density at radius 1 is 0.414 bits per heavy atom. The fraction of sp³-hybridized carbons (Fsp3) is 0.875. The number of nitrogens with one attached hydrogen (secondary N) is 1. The van der Waals surface area contributed by atoms with Crippen molar-refractivity contribution in [2.24, 2.45) is 0 Å². The molecule has 3 atom stereocenters. The highest BCUT2D eigenvalue weighted by Gasteiger charge is 2.24. The van der Waals surface area contributed by atoms with Gasteiger partial charge in [0.1, 0.15) is 6.10 Å². The van der Waals surface area contributed by atoms with E-state index in [4.69, 9.17) is 4.74 Å². The summed E-state index contributed by atoms with van der Waals surface area (Å²) in [4.78, 5) is 26.4. The average molecular weight is 985 g/mol. The van der Waals surface area contributed by atoms with Crippen LogP contribution in [0.15, 0.2) is 36.5 Å². The van der Waals surface area contributed by atoms with E-state index in [1.165, 1.54) is 225 Å². The van der Waals surface area contributed by atoms with E-state index in [1.54, 1.807) is 0 Å². The van der Waals surface area contributed by atoms with Crippen molar-refractivity contribution in [3.63, 3.8) is 0 Å². The molecule has 3 unspecified atom stereocenters. The Kier molecular flexibility index (Phi) is 56.4. The molecular formula is C64H121NO5. The smallest absolute Gasteiger partial charge is 0.306 e. The van der Waals surface area contributed by atoms with E-state index in [0.717, 1.165) is 64.2 Å². The van der Waals surface area contributed by atoms with Crippen LogP contribution in [0, 0.1) is 0 Å². The van der Waals surface area contributed by atoms with Gasteiger partial charge in [-0.3, -0.25) is 9.59 Å². The predicted octanol–water partition coefficient (Wildman–Crippen LogP) is 19.6. The first-order valence-corrected chi connectivity index (χ1v) is 31.2. The van der Waals surface area contributed by atoms with Crippen LogP contribution in [0.1, 0.15) is 335 Å². The Morgan fingerprint density at radius 3 is 1.09 bits per heavy atom. The summed E-state index contributed by atoms with van der Waals surface area (Å²) in [5, 5.41) is 24.0. The van der Waals surface area contributed by atoms with Gasteiger partial charge in [-0.25, -0.2) is 0 Å². The molecule has 1 amide bonds. The van der Waals surface area contributed by atoms with Crippen molar-refractivity contribution in [2.75, 3.05) is 6.61 Å². The Morgan fingerprint density at radius 2 is 0.729 bits per heavy atom. The normalized spacial score (nSPS) is 13.3. The van der Waals surface area contributed by atoms with Gasteiger partial charge in [-0.15, -0.1) is 0 Å². The molecule has 0 saturated carbocycles. The molecule has 0 aromatic heterocycles. The molecule has 0 spiro atoms. The van der Waals surface area contributed by atoms with Crippen molar-refractivity contribution in [1.29, 1.82) is 0 Å². The van der Waals surface area contributed by atoms with Crippen LogP contribution in [0.2, 0.25) is 0 Å². The lowest BCUT2D eigenvalue weighted by atomic mass is 10.0. The van der Waals surface area contributed by atoms with Gasteiger partial charge in [0.15, 0.2) is 0 Å². The third-order valence-electron chi connectivity index (χ3n) is 14.5. The number of aliphatic hydroxyl groups excluding tert-OH is 2. The quantitative estimate of drug-likeness (QED) is 0.0321. The molecular weight excluding hydrogens is 863 g/mol. The fourth-order valence-electron chi connectivity index (χ4n) is 9.79. The molecule has 0 heterocycles. The molecule has 70 heavy (non-hydrogen) atoms. The maximum absolute atomic E-state index is 13.3. The van der Waals surface area contributed by atoms with Crippen LogP contribution in [-0.4, -0.2) is 46.9 Å². The number of unbranched alkanes of at least 4 members (excludes halogenated alkanes) is 41. The SMILES string of the molecule is CCCCCCC/C=C/C=C/C=C/CCCCCCCC(=O)OC(CCCCCCCCCCCCCCCCCC)CC(=O)NC(CO)C(O)CCCCCCCCCCCCCCCCCCC. The zero-order chi connectivity index (χ0) is 50.9. The van der Waals surface area contributed by atoms with E-state index >= 15 is 0 Å². The Balaban J connectivity index is 4.54. The molecule has 6 heteroatoms. The third-order valence-corrected chi connectivity index (χ3v) is 14.5. The average Bonchev–Trinajstić information content (AvgIpc) is 3.35. The second-order valence-electron chi connectivity index (χ2n) is 21.5. The number of rotatable bonds is 57. The minimum atomic E-state index is -0.790. The molecule has 0 aliphatic heterocycles. The van der Waals surface area contributed by atoms with E-state index < -0.39 is 18.2 Å². The lowest BCUT2D eigenvalue weighted by Gasteiger charge is -2.24. The van der Waals surface area contributed by atoms with Gasteiger partial charge in [0.05, 0.1) is 25.2 Å². The van der Waals surface area contributed by atoms with Gasteiger partial charge in [-0.05, 0) is 51.4 Å². The molecule has 0 bridgehead atoms. The van der Waals surface area contributed by atoms with Gasteiger partial charge >= 0.3 is 5.97 Å². The predicted molar refractivity (Wildman–Crippen MR) is 306 cm³/mol. The first-order chi connectivity index (χ1) is 34.5. The van der Waals surface area contributed by atoms with Crippen LogP contribution in [0.4, 0.5) is 0 Å². The van der Waals surface area contributed by atoms with Crippen molar-refractivity contribution in [2.45, 2.75) is 354 Å². The lowest BCUT2D eigenvalue weighted by Crippen LogP contribution is -2.46. The second kappa shape index (κ2) is 58.0. The van der Waals surface area contributed by atoms with E-state index in [-0.39, 0.29) is 24.9 Å². The lowest BCUT2D eigenvalue weighted by molar-refractivity contribution is -0.151. The molecule has 0 saturated heterocycles. The molecule has 412 valence electrons. The van der Waals surface area contributed by atoms with E-state index in [0.29, 0.717) is 19.3 Å². The van der Waals surface area contributed by atoms with Gasteiger partial charge in [0.2, 0.25) is 5.91 Å². The van der Waals surface area contributed by atoms with Crippen LogP contribution >= 0.6 is 0 Å². The van der Waals surface area contributed by atoms with Crippen LogP contribution in [0.5, 0.6) is 0 Å². The number of aliphatic hydroxyl groups is 2. The monoisotopic (exact) mass is 984 g/mol. The molecule has 6 nitrogen and oxygen atoms in total. The van der Waals surface area contributed by atoms with E-state index in [9.17, 15) is 19.8 Å². The Hall–Kier alpha value is -1.92. The Bertz CT molecular complexity index is 1150. The first-order valence-electron chi connectivity index (χ1n) is 31.2. The van der Waals surface area contributed by atoms with Crippen molar-refractivity contribution in [1.82, 2.24) is 5.32 Å². The van der Waals surface area contributed by atoms with Gasteiger partial charge in [-0.1, -0.05) is 308 Å². The number of carbonyl (C=O) groups excluding carboxylic acids is 2. The van der Waals surface area contributed by atoms with E-state index in [1.807, 2.05) is 0 Å². The summed E-state index contributed by atoms with van der Waals surface area (Å²) >= 11 is 0. The fourth-order valence-corrected chi connectivity index (χ4v) is 9.79. The number of allylic oxidation sites excluding steroid dienone is 6. The summed E-state index contributed by atoms with van der Waals surface area (Å²) < 4.78 is 5.98. The minimum absolute atomic E-state index is 0.0743. The van der Waals surface area contributed by atoms with Crippen molar-refractivity contribution < 1.29 is 24.5 Å². The molecule has 0 aliphatic carbocycles.